The van der Waals surface area contributed by atoms with Crippen molar-refractivity contribution in [2.75, 3.05) is 13.1 Å². The molecule has 0 amide bonds. The third-order valence-corrected chi connectivity index (χ3v) is 3.38. The zero-order valence-corrected chi connectivity index (χ0v) is 9.94. The first kappa shape index (κ1) is 11.2. The monoisotopic (exact) mass is 242 g/mol. The van der Waals surface area contributed by atoms with Gasteiger partial charge in [0.25, 0.3) is 0 Å². The summed E-state index contributed by atoms with van der Waals surface area (Å²) < 4.78 is 0. The van der Waals surface area contributed by atoms with Crippen LogP contribution in [-0.4, -0.2) is 29.1 Å². The number of nitrogens with zero attached hydrogens (tertiary/aromatic N) is 1. The van der Waals surface area contributed by atoms with Gasteiger partial charge in [-0.1, -0.05) is 18.2 Å². The van der Waals surface area contributed by atoms with Gasteiger partial charge in [0.1, 0.15) is 0 Å². The summed E-state index contributed by atoms with van der Waals surface area (Å²) in [6, 6.07) is 7.46. The molecule has 0 bridgehead atoms. The molecule has 4 nitrogen and oxygen atoms in total. The van der Waals surface area contributed by atoms with Crippen LogP contribution in [0.25, 0.3) is 10.9 Å². The Morgan fingerprint density at radius 3 is 2.83 bits per heavy atom. The first-order chi connectivity index (χ1) is 8.77. The number of carboxylic acid groups (broad SMARTS) is 1. The van der Waals surface area contributed by atoms with E-state index in [0.717, 1.165) is 48.1 Å². The Morgan fingerprint density at radius 2 is 2.00 bits per heavy atom. The number of rotatable bonds is 1. The summed E-state index contributed by atoms with van der Waals surface area (Å²) in [6.45, 7) is 1.67. The number of benzene rings is 1. The number of carboxylic acids is 1. The van der Waals surface area contributed by atoms with Crippen LogP contribution in [0.3, 0.4) is 0 Å². The Labute approximate surface area is 105 Å². The zero-order chi connectivity index (χ0) is 12.5. The Bertz CT molecular complexity index is 622. The Morgan fingerprint density at radius 1 is 1.22 bits per heavy atom. The number of fused-ring (bicyclic) bond motifs is 2. The van der Waals surface area contributed by atoms with Crippen LogP contribution in [-0.2, 0) is 12.8 Å². The Hall–Kier alpha value is -1.94. The highest BCUT2D eigenvalue weighted by Crippen LogP contribution is 2.25. The van der Waals surface area contributed by atoms with Crippen molar-refractivity contribution in [1.82, 2.24) is 10.3 Å². The fraction of sp³-hybridized carbons (Fsp3) is 0.286. The number of para-hydroxylation sites is 1. The SMILES string of the molecule is O=C(O)c1c2c(nc3ccccc13)CCNCC2. The number of aromatic carboxylic acids is 1. The van der Waals surface area contributed by atoms with Crippen molar-refractivity contribution in [2.24, 2.45) is 0 Å². The van der Waals surface area contributed by atoms with Crippen molar-refractivity contribution in [1.29, 1.82) is 0 Å². The number of hydrogen-bond donors (Lipinski definition) is 2. The molecule has 2 N–H and O–H groups in total. The third kappa shape index (κ3) is 1.75. The molecule has 18 heavy (non-hydrogen) atoms. The van der Waals surface area contributed by atoms with Gasteiger partial charge in [-0.25, -0.2) is 4.79 Å². The molecular formula is C14H14N2O2. The molecule has 0 saturated carbocycles. The fourth-order valence-electron chi connectivity index (χ4n) is 2.57. The second-order valence-corrected chi connectivity index (χ2v) is 4.48. The normalized spacial score (nSPS) is 15.1. The van der Waals surface area contributed by atoms with Crippen LogP contribution in [0.2, 0.25) is 0 Å². The van der Waals surface area contributed by atoms with Crippen molar-refractivity contribution in [2.45, 2.75) is 12.8 Å². The van der Waals surface area contributed by atoms with Crippen LogP contribution in [0.1, 0.15) is 21.6 Å². The van der Waals surface area contributed by atoms with Gasteiger partial charge >= 0.3 is 5.97 Å². The summed E-state index contributed by atoms with van der Waals surface area (Å²) in [6.07, 6.45) is 1.52. The van der Waals surface area contributed by atoms with Crippen molar-refractivity contribution in [3.05, 3.63) is 41.1 Å². The molecular weight excluding hydrogens is 228 g/mol. The first-order valence-electron chi connectivity index (χ1n) is 6.12. The molecule has 0 unspecified atom stereocenters. The molecule has 1 aromatic heterocycles. The predicted molar refractivity (Wildman–Crippen MR) is 69.0 cm³/mol. The van der Waals surface area contributed by atoms with Crippen molar-refractivity contribution in [3.63, 3.8) is 0 Å². The Kier molecular flexibility index (Phi) is 2.72. The van der Waals surface area contributed by atoms with Gasteiger partial charge < -0.3 is 10.4 Å². The lowest BCUT2D eigenvalue weighted by Crippen LogP contribution is -2.16. The molecule has 4 heteroatoms. The summed E-state index contributed by atoms with van der Waals surface area (Å²) in [5.74, 6) is -0.855. The minimum atomic E-state index is -0.855. The maximum absolute atomic E-state index is 11.6. The molecule has 3 rings (SSSR count). The summed E-state index contributed by atoms with van der Waals surface area (Å²) >= 11 is 0. The van der Waals surface area contributed by atoms with Gasteiger partial charge in [0.2, 0.25) is 0 Å². The van der Waals surface area contributed by atoms with Crippen LogP contribution in [0, 0.1) is 0 Å². The van der Waals surface area contributed by atoms with Gasteiger partial charge in [-0.3, -0.25) is 4.98 Å². The van der Waals surface area contributed by atoms with Crippen molar-refractivity contribution >= 4 is 16.9 Å². The predicted octanol–water partition coefficient (Wildman–Crippen LogP) is 1.62. The largest absolute Gasteiger partial charge is 0.478 e. The molecule has 0 spiro atoms. The number of nitrogens with one attached hydrogen (secondary N) is 1. The smallest absolute Gasteiger partial charge is 0.336 e. The van der Waals surface area contributed by atoms with E-state index in [1.54, 1.807) is 0 Å². The van der Waals surface area contributed by atoms with E-state index < -0.39 is 5.97 Å². The quantitative estimate of drug-likeness (QED) is 0.797. The maximum Gasteiger partial charge on any atom is 0.336 e. The highest BCUT2D eigenvalue weighted by Gasteiger charge is 2.20. The van der Waals surface area contributed by atoms with Crippen molar-refractivity contribution < 1.29 is 9.90 Å². The number of aromatic nitrogens is 1. The van der Waals surface area contributed by atoms with E-state index in [0.29, 0.717) is 5.56 Å². The van der Waals surface area contributed by atoms with Gasteiger partial charge in [-0.2, -0.15) is 0 Å². The number of carbonyl (C=O) groups is 1. The molecule has 0 radical (unpaired) electrons. The van der Waals surface area contributed by atoms with E-state index in [1.165, 1.54) is 0 Å². The van der Waals surface area contributed by atoms with E-state index in [4.69, 9.17) is 0 Å². The molecule has 0 aliphatic carbocycles. The zero-order valence-electron chi connectivity index (χ0n) is 9.94. The van der Waals surface area contributed by atoms with E-state index >= 15 is 0 Å². The lowest BCUT2D eigenvalue weighted by Gasteiger charge is -2.11. The minimum Gasteiger partial charge on any atom is -0.478 e. The highest BCUT2D eigenvalue weighted by molar-refractivity contribution is 6.04. The number of hydrogen-bond acceptors (Lipinski definition) is 3. The molecule has 0 atom stereocenters. The van der Waals surface area contributed by atoms with E-state index in [1.807, 2.05) is 24.3 Å². The fourth-order valence-corrected chi connectivity index (χ4v) is 2.57. The lowest BCUT2D eigenvalue weighted by atomic mass is 9.97. The second-order valence-electron chi connectivity index (χ2n) is 4.48. The topological polar surface area (TPSA) is 62.2 Å². The van der Waals surface area contributed by atoms with E-state index in [-0.39, 0.29) is 0 Å². The second kappa shape index (κ2) is 4.38. The van der Waals surface area contributed by atoms with E-state index in [9.17, 15) is 9.90 Å². The number of pyridine rings is 1. The average Bonchev–Trinajstić information content (AvgIpc) is 2.60. The molecule has 1 aromatic carbocycles. The van der Waals surface area contributed by atoms with E-state index in [2.05, 4.69) is 10.3 Å². The molecule has 1 aliphatic rings. The average molecular weight is 242 g/mol. The van der Waals surface area contributed by atoms with Crippen molar-refractivity contribution in [3.8, 4) is 0 Å². The Balaban J connectivity index is 2.36. The van der Waals surface area contributed by atoms with Crippen LogP contribution >= 0.6 is 0 Å². The molecule has 2 aromatic rings. The van der Waals surface area contributed by atoms with Gasteiger partial charge in [0.15, 0.2) is 0 Å². The summed E-state index contributed by atoms with van der Waals surface area (Å²) in [5, 5.41) is 13.5. The van der Waals surface area contributed by atoms with Crippen LogP contribution < -0.4 is 5.32 Å². The third-order valence-electron chi connectivity index (χ3n) is 3.38. The standard InChI is InChI=1S/C14H14N2O2/c17-14(18)13-9-3-1-2-4-11(9)16-12-6-8-15-7-5-10(12)13/h1-4,15H,5-8H2,(H,17,18). The van der Waals surface area contributed by atoms with Gasteiger partial charge in [-0.15, -0.1) is 0 Å². The molecule has 0 fully saturated rings. The highest BCUT2D eigenvalue weighted by atomic mass is 16.4. The molecule has 1 aliphatic heterocycles. The van der Waals surface area contributed by atoms with Crippen LogP contribution in [0.15, 0.2) is 24.3 Å². The van der Waals surface area contributed by atoms with Crippen LogP contribution in [0.4, 0.5) is 0 Å². The van der Waals surface area contributed by atoms with Crippen LogP contribution in [0.5, 0.6) is 0 Å². The van der Waals surface area contributed by atoms with Gasteiger partial charge in [-0.05, 0) is 24.6 Å². The maximum atomic E-state index is 11.6. The van der Waals surface area contributed by atoms with Gasteiger partial charge in [0, 0.05) is 24.0 Å². The minimum absolute atomic E-state index is 0.430. The summed E-state index contributed by atoms with van der Waals surface area (Å²) in [7, 11) is 0. The summed E-state index contributed by atoms with van der Waals surface area (Å²) in [5.41, 5.74) is 3.03. The molecule has 0 saturated heterocycles. The first-order valence-corrected chi connectivity index (χ1v) is 6.12. The molecule has 2 heterocycles. The summed E-state index contributed by atoms with van der Waals surface area (Å²) in [4.78, 5) is 16.2. The van der Waals surface area contributed by atoms with Gasteiger partial charge in [0.05, 0.1) is 11.1 Å². The lowest BCUT2D eigenvalue weighted by molar-refractivity contribution is 0.0697. The molecule has 92 valence electrons.